The van der Waals surface area contributed by atoms with Crippen molar-refractivity contribution >= 4 is 5.78 Å². The minimum Gasteiger partial charge on any atom is -0.299 e. The van der Waals surface area contributed by atoms with Gasteiger partial charge in [-0.05, 0) is 68.1 Å². The SMILES string of the molecule is O=C1CCC2CCC3C4CCCCC4CCC3C12. The van der Waals surface area contributed by atoms with Gasteiger partial charge in [-0.15, -0.1) is 0 Å². The van der Waals surface area contributed by atoms with Crippen LogP contribution >= 0.6 is 0 Å². The van der Waals surface area contributed by atoms with E-state index >= 15 is 0 Å². The summed E-state index contributed by atoms with van der Waals surface area (Å²) in [4.78, 5) is 12.2. The van der Waals surface area contributed by atoms with E-state index in [0.717, 1.165) is 36.0 Å². The Morgan fingerprint density at radius 3 is 2.39 bits per heavy atom. The Hall–Kier alpha value is -0.330. The maximum Gasteiger partial charge on any atom is 0.136 e. The summed E-state index contributed by atoms with van der Waals surface area (Å²) in [5.74, 6) is 5.72. The highest BCUT2D eigenvalue weighted by Crippen LogP contribution is 2.56. The first kappa shape index (κ1) is 11.5. The van der Waals surface area contributed by atoms with E-state index in [-0.39, 0.29) is 0 Å². The summed E-state index contributed by atoms with van der Waals surface area (Å²) in [7, 11) is 0. The predicted octanol–water partition coefficient (Wildman–Crippen LogP) is 4.21. The molecule has 4 rings (SSSR count). The number of hydrogen-bond donors (Lipinski definition) is 0. The van der Waals surface area contributed by atoms with Gasteiger partial charge in [0.2, 0.25) is 0 Å². The van der Waals surface area contributed by atoms with Crippen LogP contribution in [-0.2, 0) is 4.79 Å². The molecule has 0 heterocycles. The number of ketones is 1. The van der Waals surface area contributed by atoms with Gasteiger partial charge in [-0.1, -0.05) is 19.3 Å². The van der Waals surface area contributed by atoms with Crippen LogP contribution in [0.25, 0.3) is 0 Å². The molecule has 6 unspecified atom stereocenters. The summed E-state index contributed by atoms with van der Waals surface area (Å²) >= 11 is 0. The van der Waals surface area contributed by atoms with Gasteiger partial charge in [-0.3, -0.25) is 4.79 Å². The predicted molar refractivity (Wildman–Crippen MR) is 72.1 cm³/mol. The van der Waals surface area contributed by atoms with Gasteiger partial charge in [0, 0.05) is 12.3 Å². The second-order valence-corrected chi connectivity index (χ2v) is 7.48. The van der Waals surface area contributed by atoms with Gasteiger partial charge < -0.3 is 0 Å². The molecule has 4 aliphatic rings. The third kappa shape index (κ3) is 1.62. The van der Waals surface area contributed by atoms with Crippen LogP contribution < -0.4 is 0 Å². The van der Waals surface area contributed by atoms with Crippen LogP contribution in [-0.4, -0.2) is 5.78 Å². The van der Waals surface area contributed by atoms with Gasteiger partial charge in [0.05, 0.1) is 0 Å². The molecule has 100 valence electrons. The molecule has 0 N–H and O–H groups in total. The van der Waals surface area contributed by atoms with Crippen molar-refractivity contribution in [2.24, 2.45) is 35.5 Å². The van der Waals surface area contributed by atoms with Crippen molar-refractivity contribution in [3.8, 4) is 0 Å². The zero-order valence-electron chi connectivity index (χ0n) is 11.4. The monoisotopic (exact) mass is 246 g/mol. The van der Waals surface area contributed by atoms with Gasteiger partial charge in [-0.2, -0.15) is 0 Å². The van der Waals surface area contributed by atoms with E-state index in [9.17, 15) is 4.79 Å². The molecule has 0 aliphatic heterocycles. The highest BCUT2D eigenvalue weighted by molar-refractivity contribution is 5.83. The van der Waals surface area contributed by atoms with Crippen LogP contribution in [0.1, 0.15) is 64.2 Å². The van der Waals surface area contributed by atoms with Crippen molar-refractivity contribution in [3.05, 3.63) is 0 Å². The molecule has 6 atom stereocenters. The molecule has 0 spiro atoms. The Labute approximate surface area is 111 Å². The van der Waals surface area contributed by atoms with Crippen LogP contribution in [0.4, 0.5) is 0 Å². The molecule has 0 saturated heterocycles. The van der Waals surface area contributed by atoms with E-state index in [1.165, 1.54) is 57.8 Å². The lowest BCUT2D eigenvalue weighted by Crippen LogP contribution is -2.45. The second-order valence-electron chi connectivity index (χ2n) is 7.48. The largest absolute Gasteiger partial charge is 0.299 e. The van der Waals surface area contributed by atoms with Crippen molar-refractivity contribution < 1.29 is 4.79 Å². The van der Waals surface area contributed by atoms with E-state index in [1.807, 2.05) is 0 Å². The summed E-state index contributed by atoms with van der Waals surface area (Å²) in [5, 5.41) is 0. The summed E-state index contributed by atoms with van der Waals surface area (Å²) in [6.07, 6.45) is 13.7. The quantitative estimate of drug-likeness (QED) is 0.626. The van der Waals surface area contributed by atoms with Gasteiger partial charge in [0.15, 0.2) is 0 Å². The zero-order valence-corrected chi connectivity index (χ0v) is 11.4. The highest BCUT2D eigenvalue weighted by Gasteiger charge is 2.51. The third-order valence-corrected chi connectivity index (χ3v) is 6.91. The van der Waals surface area contributed by atoms with Crippen molar-refractivity contribution in [1.82, 2.24) is 0 Å². The first-order valence-electron chi connectivity index (χ1n) is 8.37. The number of rotatable bonds is 0. The molecule has 4 fully saturated rings. The smallest absolute Gasteiger partial charge is 0.136 e. The van der Waals surface area contributed by atoms with Gasteiger partial charge in [-0.25, -0.2) is 0 Å². The number of fused-ring (bicyclic) bond motifs is 5. The van der Waals surface area contributed by atoms with Crippen molar-refractivity contribution in [3.63, 3.8) is 0 Å². The zero-order chi connectivity index (χ0) is 12.1. The Morgan fingerprint density at radius 2 is 1.44 bits per heavy atom. The van der Waals surface area contributed by atoms with Gasteiger partial charge in [0.1, 0.15) is 5.78 Å². The molecule has 0 bridgehead atoms. The molecule has 0 aromatic heterocycles. The fourth-order valence-corrected chi connectivity index (χ4v) is 6.23. The topological polar surface area (TPSA) is 17.1 Å². The lowest BCUT2D eigenvalue weighted by molar-refractivity contribution is -0.127. The van der Waals surface area contributed by atoms with E-state index in [0.29, 0.717) is 11.7 Å². The first-order valence-corrected chi connectivity index (χ1v) is 8.37. The van der Waals surface area contributed by atoms with Crippen molar-refractivity contribution in [2.75, 3.05) is 0 Å². The molecular weight excluding hydrogens is 220 g/mol. The van der Waals surface area contributed by atoms with Crippen LogP contribution in [0.15, 0.2) is 0 Å². The first-order chi connectivity index (χ1) is 8.84. The second kappa shape index (κ2) is 4.35. The van der Waals surface area contributed by atoms with Crippen molar-refractivity contribution in [2.45, 2.75) is 64.2 Å². The summed E-state index contributed by atoms with van der Waals surface area (Å²) in [5.41, 5.74) is 0. The molecule has 0 aromatic rings. The lowest BCUT2D eigenvalue weighted by atomic mass is 9.54. The Bertz CT molecular complexity index is 348. The lowest BCUT2D eigenvalue weighted by Gasteiger charge is -2.51. The van der Waals surface area contributed by atoms with Crippen LogP contribution in [0.3, 0.4) is 0 Å². The molecule has 0 aromatic carbocycles. The Kier molecular flexibility index (Phi) is 2.78. The molecule has 1 heteroatoms. The molecule has 1 nitrogen and oxygen atoms in total. The maximum atomic E-state index is 12.2. The molecule has 4 aliphatic carbocycles. The summed E-state index contributed by atoms with van der Waals surface area (Å²) in [6, 6.07) is 0. The Balaban J connectivity index is 1.59. The van der Waals surface area contributed by atoms with E-state index in [1.54, 1.807) is 0 Å². The molecule has 18 heavy (non-hydrogen) atoms. The maximum absolute atomic E-state index is 12.2. The van der Waals surface area contributed by atoms with Crippen molar-refractivity contribution in [1.29, 1.82) is 0 Å². The van der Waals surface area contributed by atoms with Crippen LogP contribution in [0.2, 0.25) is 0 Å². The highest BCUT2D eigenvalue weighted by atomic mass is 16.1. The summed E-state index contributed by atoms with van der Waals surface area (Å²) in [6.45, 7) is 0. The average Bonchev–Trinajstić information content (AvgIpc) is 2.80. The molecule has 4 saturated carbocycles. The van der Waals surface area contributed by atoms with E-state index in [2.05, 4.69) is 0 Å². The average molecular weight is 246 g/mol. The molecule has 0 amide bonds. The van der Waals surface area contributed by atoms with Crippen LogP contribution in [0.5, 0.6) is 0 Å². The fourth-order valence-electron chi connectivity index (χ4n) is 6.23. The number of carbonyl (C=O) groups is 1. The van der Waals surface area contributed by atoms with Gasteiger partial charge >= 0.3 is 0 Å². The fraction of sp³-hybridized carbons (Fsp3) is 0.941. The van der Waals surface area contributed by atoms with Gasteiger partial charge in [0.25, 0.3) is 0 Å². The third-order valence-electron chi connectivity index (χ3n) is 6.91. The number of Topliss-reactive ketones (excluding diaryl/α,β-unsaturated/α-hetero) is 1. The number of hydrogen-bond acceptors (Lipinski definition) is 1. The van der Waals surface area contributed by atoms with E-state index < -0.39 is 0 Å². The minimum absolute atomic E-state index is 0.506. The molecule has 0 radical (unpaired) electrons. The number of carbonyl (C=O) groups excluding carboxylic acids is 1. The van der Waals surface area contributed by atoms with E-state index in [4.69, 9.17) is 0 Å². The Morgan fingerprint density at radius 1 is 0.667 bits per heavy atom. The molecular formula is C17H26O. The minimum atomic E-state index is 0.506. The van der Waals surface area contributed by atoms with Crippen LogP contribution in [0, 0.1) is 35.5 Å². The standard InChI is InChI=1S/C17H26O/c18-16-10-7-12-6-8-14-13-4-2-1-3-11(13)5-9-15(14)17(12)16/h11-15,17H,1-10H2. The normalized spacial score (nSPS) is 51.4. The summed E-state index contributed by atoms with van der Waals surface area (Å²) < 4.78 is 0.